The second-order valence-electron chi connectivity index (χ2n) is 4.28. The van der Waals surface area contributed by atoms with Crippen LogP contribution in [0.3, 0.4) is 0 Å². The predicted octanol–water partition coefficient (Wildman–Crippen LogP) is -2.86. The molecule has 0 aliphatic rings. The van der Waals surface area contributed by atoms with Gasteiger partial charge in [-0.1, -0.05) is 0 Å². The summed E-state index contributed by atoms with van der Waals surface area (Å²) < 4.78 is 0. The van der Waals surface area contributed by atoms with Gasteiger partial charge in [-0.3, -0.25) is 19.2 Å². The Labute approximate surface area is 108 Å². The number of carbonyl (C=O) groups is 4. The minimum absolute atomic E-state index is 0.458. The maximum Gasteiger partial charge on any atom is 0.217 e. The van der Waals surface area contributed by atoms with Gasteiger partial charge in [-0.05, 0) is 20.8 Å². The van der Waals surface area contributed by atoms with Gasteiger partial charge in [-0.2, -0.15) is 0 Å². The molecule has 0 aromatic heterocycles. The Morgan fingerprint density at radius 2 is 1.37 bits per heavy atom. The summed E-state index contributed by atoms with van der Waals surface area (Å²) >= 11 is 0. The molecule has 0 spiro atoms. The molecule has 0 aromatic rings. The Hall–Kier alpha value is -1.48. The number of hydrogen-bond acceptors (Lipinski definition) is 8. The van der Waals surface area contributed by atoms with Crippen molar-refractivity contribution in [1.82, 2.24) is 0 Å². The van der Waals surface area contributed by atoms with E-state index in [-0.39, 0.29) is 0 Å². The van der Waals surface area contributed by atoms with Crippen molar-refractivity contribution in [2.24, 2.45) is 0 Å². The average Bonchev–Trinajstić information content (AvgIpc) is 2.34. The van der Waals surface area contributed by atoms with E-state index in [2.05, 4.69) is 0 Å². The minimum atomic E-state index is -3.49. The predicted molar refractivity (Wildman–Crippen MR) is 60.0 cm³/mol. The number of Topliss-reactive ketones (excluding diaryl/α,β-unsaturated/α-hetero) is 3. The lowest BCUT2D eigenvalue weighted by molar-refractivity contribution is -0.228. The largest absolute Gasteiger partial charge is 0.393 e. The molecule has 8 nitrogen and oxygen atoms in total. The zero-order valence-electron chi connectivity index (χ0n) is 10.7. The zero-order valence-corrected chi connectivity index (χ0v) is 10.7. The third kappa shape index (κ3) is 2.12. The number of aldehydes is 1. The van der Waals surface area contributed by atoms with Crippen molar-refractivity contribution >= 4 is 23.6 Å². The number of rotatable bonds is 7. The summed E-state index contributed by atoms with van der Waals surface area (Å²) in [4.78, 5) is 45.2. The van der Waals surface area contributed by atoms with E-state index in [1.807, 2.05) is 0 Å². The molecule has 0 fully saturated rings. The Morgan fingerprint density at radius 3 is 1.53 bits per heavy atom. The highest BCUT2D eigenvalue weighted by Crippen LogP contribution is 2.35. The summed E-state index contributed by atoms with van der Waals surface area (Å²) in [5, 5.41) is 39.1. The van der Waals surface area contributed by atoms with E-state index in [4.69, 9.17) is 5.11 Å². The summed E-state index contributed by atoms with van der Waals surface area (Å²) in [5.74, 6) is -4.09. The summed E-state index contributed by atoms with van der Waals surface area (Å²) in [6.45, 7) is 0.582. The van der Waals surface area contributed by atoms with E-state index in [0.717, 1.165) is 6.92 Å². The molecule has 0 bridgehead atoms. The van der Waals surface area contributed by atoms with Crippen molar-refractivity contribution < 1.29 is 39.6 Å². The van der Waals surface area contributed by atoms with E-state index in [0.29, 0.717) is 13.8 Å². The molecule has 0 rings (SSSR count). The molecule has 3 atom stereocenters. The zero-order chi connectivity index (χ0) is 15.6. The van der Waals surface area contributed by atoms with Gasteiger partial charge in [0.2, 0.25) is 11.2 Å². The minimum Gasteiger partial charge on any atom is -0.393 e. The fourth-order valence-corrected chi connectivity index (χ4v) is 1.78. The van der Waals surface area contributed by atoms with Crippen LogP contribution in [0.2, 0.25) is 0 Å². The number of carbonyl (C=O) groups excluding carboxylic acids is 4. The molecule has 0 saturated heterocycles. The Balaban J connectivity index is 6.47. The van der Waals surface area contributed by atoms with Gasteiger partial charge in [-0.25, -0.2) is 0 Å². The highest BCUT2D eigenvalue weighted by atomic mass is 16.4. The van der Waals surface area contributed by atoms with Crippen LogP contribution in [0.15, 0.2) is 0 Å². The summed E-state index contributed by atoms with van der Waals surface area (Å²) in [5.41, 5.74) is -10.0. The topological polar surface area (TPSA) is 149 Å². The third-order valence-corrected chi connectivity index (χ3v) is 3.18. The van der Waals surface area contributed by atoms with Crippen LogP contribution < -0.4 is 0 Å². The molecule has 19 heavy (non-hydrogen) atoms. The van der Waals surface area contributed by atoms with Gasteiger partial charge < -0.3 is 20.4 Å². The molecule has 8 heteroatoms. The molecular weight excluding hydrogens is 260 g/mol. The first kappa shape index (κ1) is 17.5. The SMILES string of the molecule is CC(=O)[C@@](O)([C@@](O)(C=O)C(C)=O)[C@](O)(CO)C(C)=O. The van der Waals surface area contributed by atoms with Crippen molar-refractivity contribution in [2.45, 2.75) is 37.6 Å². The third-order valence-electron chi connectivity index (χ3n) is 3.18. The first-order chi connectivity index (χ1) is 8.45. The van der Waals surface area contributed by atoms with Gasteiger partial charge in [0.1, 0.15) is 0 Å². The van der Waals surface area contributed by atoms with Gasteiger partial charge >= 0.3 is 0 Å². The molecule has 0 aromatic carbocycles. The van der Waals surface area contributed by atoms with Crippen molar-refractivity contribution in [2.75, 3.05) is 6.61 Å². The molecule has 4 N–H and O–H groups in total. The molecule has 0 amide bonds. The highest BCUT2D eigenvalue weighted by molar-refractivity contribution is 6.11. The van der Waals surface area contributed by atoms with Crippen LogP contribution in [0.5, 0.6) is 0 Å². The van der Waals surface area contributed by atoms with Crippen LogP contribution in [-0.4, -0.2) is 67.5 Å². The molecule has 0 aliphatic carbocycles. The van der Waals surface area contributed by atoms with Gasteiger partial charge in [0.05, 0.1) is 6.61 Å². The van der Waals surface area contributed by atoms with Crippen LogP contribution >= 0.6 is 0 Å². The standard InChI is InChI=1S/C11H16O8/c1-6(14)9(17,4-12)11(19,8(3)16)10(18,5-13)7(2)15/h4,13,17-19H,5H2,1-3H3/t9-,10+,11-/m1/s1. The number of aliphatic hydroxyl groups excluding tert-OH is 1. The van der Waals surface area contributed by atoms with Gasteiger partial charge in [-0.15, -0.1) is 0 Å². The maximum atomic E-state index is 11.5. The van der Waals surface area contributed by atoms with Crippen LogP contribution in [0.1, 0.15) is 20.8 Å². The second kappa shape index (κ2) is 5.25. The van der Waals surface area contributed by atoms with Crippen LogP contribution in [0.25, 0.3) is 0 Å². The van der Waals surface area contributed by atoms with Crippen molar-refractivity contribution in [1.29, 1.82) is 0 Å². The first-order valence-corrected chi connectivity index (χ1v) is 5.23. The van der Waals surface area contributed by atoms with Crippen LogP contribution in [0.4, 0.5) is 0 Å². The molecule has 0 aliphatic heterocycles. The van der Waals surface area contributed by atoms with Crippen molar-refractivity contribution in [3.63, 3.8) is 0 Å². The molecule has 0 unspecified atom stereocenters. The molecule has 0 radical (unpaired) electrons. The summed E-state index contributed by atoms with van der Waals surface area (Å²) in [7, 11) is 0. The Bertz CT molecular complexity index is 430. The maximum absolute atomic E-state index is 11.5. The monoisotopic (exact) mass is 276 g/mol. The summed E-state index contributed by atoms with van der Waals surface area (Å²) in [6, 6.07) is 0. The fraction of sp³-hybridized carbons (Fsp3) is 0.636. The van der Waals surface area contributed by atoms with Gasteiger partial charge in [0.25, 0.3) is 0 Å². The first-order valence-electron chi connectivity index (χ1n) is 5.23. The van der Waals surface area contributed by atoms with E-state index >= 15 is 0 Å². The van der Waals surface area contributed by atoms with E-state index < -0.39 is 47.0 Å². The van der Waals surface area contributed by atoms with Crippen LogP contribution in [0, 0.1) is 0 Å². The van der Waals surface area contributed by atoms with E-state index in [1.165, 1.54) is 0 Å². The Morgan fingerprint density at radius 1 is 0.947 bits per heavy atom. The number of hydrogen-bond donors (Lipinski definition) is 4. The van der Waals surface area contributed by atoms with Crippen molar-refractivity contribution in [3.8, 4) is 0 Å². The number of aliphatic hydroxyl groups is 4. The molecule has 0 heterocycles. The van der Waals surface area contributed by atoms with E-state index in [1.54, 1.807) is 0 Å². The lowest BCUT2D eigenvalue weighted by atomic mass is 9.66. The number of ketones is 3. The Kier molecular flexibility index (Phi) is 4.84. The molecule has 108 valence electrons. The summed E-state index contributed by atoms with van der Waals surface area (Å²) in [6.07, 6.45) is -0.458. The fourth-order valence-electron chi connectivity index (χ4n) is 1.78. The van der Waals surface area contributed by atoms with Gasteiger partial charge in [0.15, 0.2) is 29.2 Å². The molecular formula is C11H16O8. The lowest BCUT2D eigenvalue weighted by Crippen LogP contribution is -2.77. The van der Waals surface area contributed by atoms with E-state index in [9.17, 15) is 34.5 Å². The normalized spacial score (nSPS) is 20.6. The second-order valence-corrected chi connectivity index (χ2v) is 4.28. The van der Waals surface area contributed by atoms with Gasteiger partial charge in [0, 0.05) is 0 Å². The van der Waals surface area contributed by atoms with Crippen molar-refractivity contribution in [3.05, 3.63) is 0 Å². The average molecular weight is 276 g/mol. The quantitative estimate of drug-likeness (QED) is 0.286. The van der Waals surface area contributed by atoms with Crippen LogP contribution in [-0.2, 0) is 19.2 Å². The molecule has 0 saturated carbocycles. The lowest BCUT2D eigenvalue weighted by Gasteiger charge is -2.45. The highest BCUT2D eigenvalue weighted by Gasteiger charge is 2.69. The smallest absolute Gasteiger partial charge is 0.217 e.